The summed E-state index contributed by atoms with van der Waals surface area (Å²) >= 11 is 1.82. The van der Waals surface area contributed by atoms with Crippen LogP contribution in [0.15, 0.2) is 24.3 Å². The van der Waals surface area contributed by atoms with E-state index in [0.29, 0.717) is 5.69 Å². The van der Waals surface area contributed by atoms with Crippen molar-refractivity contribution in [2.75, 3.05) is 49.6 Å². The molecule has 0 amide bonds. The average Bonchev–Trinajstić information content (AvgIpc) is 2.45. The SMILES string of the molecule is CSCCN1CCN(c2cccc(C(F)(F)F)c2)CC1. The standard InChI is InChI=1S/C14H19F3N2S/c1-20-10-9-18-5-7-19(8-6-18)13-4-2-3-12(11-13)14(15,16)17/h2-4,11H,5-10H2,1H3. The fourth-order valence-corrected chi connectivity index (χ4v) is 2.77. The fraction of sp³-hybridized carbons (Fsp3) is 0.571. The largest absolute Gasteiger partial charge is 0.416 e. The molecule has 0 radical (unpaired) electrons. The van der Waals surface area contributed by atoms with Gasteiger partial charge in [0.25, 0.3) is 0 Å². The van der Waals surface area contributed by atoms with Crippen molar-refractivity contribution in [3.8, 4) is 0 Å². The van der Waals surface area contributed by atoms with Gasteiger partial charge in [-0.1, -0.05) is 6.07 Å². The summed E-state index contributed by atoms with van der Waals surface area (Å²) in [6, 6.07) is 5.61. The molecule has 1 aliphatic heterocycles. The lowest BCUT2D eigenvalue weighted by Gasteiger charge is -2.36. The molecule has 0 N–H and O–H groups in total. The van der Waals surface area contributed by atoms with Gasteiger partial charge in [0.05, 0.1) is 5.56 Å². The lowest BCUT2D eigenvalue weighted by atomic mass is 10.1. The summed E-state index contributed by atoms with van der Waals surface area (Å²) in [6.07, 6.45) is -2.19. The third-order valence-corrected chi connectivity index (χ3v) is 4.11. The van der Waals surface area contributed by atoms with Gasteiger partial charge in [-0.05, 0) is 24.5 Å². The molecule has 1 aliphatic rings. The van der Waals surface area contributed by atoms with Crippen LogP contribution >= 0.6 is 11.8 Å². The summed E-state index contributed by atoms with van der Waals surface area (Å²) in [4.78, 5) is 4.39. The van der Waals surface area contributed by atoms with Crippen molar-refractivity contribution in [1.29, 1.82) is 0 Å². The minimum Gasteiger partial charge on any atom is -0.369 e. The molecular formula is C14H19F3N2S. The van der Waals surface area contributed by atoms with Crippen molar-refractivity contribution in [3.63, 3.8) is 0 Å². The van der Waals surface area contributed by atoms with E-state index in [9.17, 15) is 13.2 Å². The first-order valence-electron chi connectivity index (χ1n) is 6.64. The summed E-state index contributed by atoms with van der Waals surface area (Å²) in [6.45, 7) is 4.45. The summed E-state index contributed by atoms with van der Waals surface area (Å²) in [5.41, 5.74) is 0.101. The van der Waals surface area contributed by atoms with Crippen molar-refractivity contribution < 1.29 is 13.2 Å². The minimum atomic E-state index is -4.27. The third-order valence-electron chi connectivity index (χ3n) is 3.52. The van der Waals surface area contributed by atoms with E-state index < -0.39 is 11.7 Å². The van der Waals surface area contributed by atoms with Gasteiger partial charge in [-0.2, -0.15) is 24.9 Å². The van der Waals surface area contributed by atoms with Gasteiger partial charge in [-0.3, -0.25) is 4.90 Å². The number of nitrogens with zero attached hydrogens (tertiary/aromatic N) is 2. The molecule has 1 saturated heterocycles. The molecule has 6 heteroatoms. The van der Waals surface area contributed by atoms with Crippen LogP contribution in [0.4, 0.5) is 18.9 Å². The molecule has 1 heterocycles. The minimum absolute atomic E-state index is 0.570. The van der Waals surface area contributed by atoms with Crippen molar-refractivity contribution in [3.05, 3.63) is 29.8 Å². The van der Waals surface area contributed by atoms with Gasteiger partial charge in [-0.15, -0.1) is 0 Å². The van der Waals surface area contributed by atoms with Gasteiger partial charge in [0, 0.05) is 44.2 Å². The Labute approximate surface area is 121 Å². The second-order valence-corrected chi connectivity index (χ2v) is 5.86. The Bertz CT molecular complexity index is 429. The van der Waals surface area contributed by atoms with E-state index in [0.717, 1.165) is 44.5 Å². The number of hydrogen-bond acceptors (Lipinski definition) is 3. The van der Waals surface area contributed by atoms with E-state index in [1.807, 2.05) is 16.7 Å². The molecule has 0 bridgehead atoms. The maximum atomic E-state index is 12.7. The number of halogens is 3. The molecule has 112 valence electrons. The van der Waals surface area contributed by atoms with E-state index in [1.165, 1.54) is 12.1 Å². The highest BCUT2D eigenvalue weighted by Crippen LogP contribution is 2.31. The van der Waals surface area contributed by atoms with Crippen LogP contribution in [0.5, 0.6) is 0 Å². The maximum absolute atomic E-state index is 12.7. The fourth-order valence-electron chi connectivity index (χ4n) is 2.33. The van der Waals surface area contributed by atoms with Gasteiger partial charge in [0.2, 0.25) is 0 Å². The number of thioether (sulfide) groups is 1. The Kier molecular flexibility index (Phi) is 5.21. The first-order valence-corrected chi connectivity index (χ1v) is 8.03. The molecule has 2 nitrogen and oxygen atoms in total. The topological polar surface area (TPSA) is 6.48 Å². The van der Waals surface area contributed by atoms with Gasteiger partial charge in [0.1, 0.15) is 0 Å². The van der Waals surface area contributed by atoms with Crippen LogP contribution in [0.3, 0.4) is 0 Å². The van der Waals surface area contributed by atoms with E-state index in [1.54, 1.807) is 6.07 Å². The smallest absolute Gasteiger partial charge is 0.369 e. The normalized spacial score (nSPS) is 17.5. The number of hydrogen-bond donors (Lipinski definition) is 0. The first kappa shape index (κ1) is 15.5. The zero-order valence-corrected chi connectivity index (χ0v) is 12.3. The molecule has 0 unspecified atom stereocenters. The predicted octanol–water partition coefficient (Wildman–Crippen LogP) is 3.19. The van der Waals surface area contributed by atoms with Crippen LogP contribution in [0.1, 0.15) is 5.56 Å². The Morgan fingerprint density at radius 1 is 1.15 bits per heavy atom. The molecule has 0 atom stereocenters. The summed E-state index contributed by atoms with van der Waals surface area (Å²) < 4.78 is 38.1. The van der Waals surface area contributed by atoms with E-state index in [4.69, 9.17) is 0 Å². The molecule has 2 rings (SSSR count). The van der Waals surface area contributed by atoms with Crippen molar-refractivity contribution in [2.45, 2.75) is 6.18 Å². The van der Waals surface area contributed by atoms with Crippen molar-refractivity contribution in [2.24, 2.45) is 0 Å². The van der Waals surface area contributed by atoms with Crippen LogP contribution in [0.25, 0.3) is 0 Å². The molecule has 0 aromatic heterocycles. The Balaban J connectivity index is 1.97. The molecule has 0 spiro atoms. The van der Waals surface area contributed by atoms with Crippen LogP contribution in [-0.2, 0) is 6.18 Å². The summed E-state index contributed by atoms with van der Waals surface area (Å²) in [5, 5.41) is 0. The van der Waals surface area contributed by atoms with E-state index in [2.05, 4.69) is 11.2 Å². The van der Waals surface area contributed by atoms with Crippen LogP contribution < -0.4 is 4.90 Å². The average molecular weight is 304 g/mol. The number of benzene rings is 1. The maximum Gasteiger partial charge on any atom is 0.416 e. The molecule has 0 aliphatic carbocycles. The molecule has 0 saturated carbocycles. The lowest BCUT2D eigenvalue weighted by molar-refractivity contribution is -0.137. The zero-order chi connectivity index (χ0) is 14.6. The number of alkyl halides is 3. The van der Waals surface area contributed by atoms with Crippen molar-refractivity contribution >= 4 is 17.4 Å². The highest BCUT2D eigenvalue weighted by molar-refractivity contribution is 7.98. The molecule has 20 heavy (non-hydrogen) atoms. The molecular weight excluding hydrogens is 285 g/mol. The van der Waals surface area contributed by atoms with Crippen LogP contribution in [0, 0.1) is 0 Å². The van der Waals surface area contributed by atoms with Gasteiger partial charge in [0.15, 0.2) is 0 Å². The Morgan fingerprint density at radius 3 is 2.45 bits per heavy atom. The Morgan fingerprint density at radius 2 is 1.85 bits per heavy atom. The molecule has 1 fully saturated rings. The highest BCUT2D eigenvalue weighted by atomic mass is 32.2. The highest BCUT2D eigenvalue weighted by Gasteiger charge is 2.31. The van der Waals surface area contributed by atoms with Crippen molar-refractivity contribution in [1.82, 2.24) is 4.90 Å². The second kappa shape index (κ2) is 6.72. The number of rotatable bonds is 4. The summed E-state index contributed by atoms with van der Waals surface area (Å²) in [7, 11) is 0. The monoisotopic (exact) mass is 304 g/mol. The summed E-state index contributed by atoms with van der Waals surface area (Å²) in [5.74, 6) is 1.10. The number of anilines is 1. The zero-order valence-electron chi connectivity index (χ0n) is 11.5. The van der Waals surface area contributed by atoms with Gasteiger partial charge < -0.3 is 4.90 Å². The number of piperazine rings is 1. The molecule has 1 aromatic carbocycles. The lowest BCUT2D eigenvalue weighted by Crippen LogP contribution is -2.47. The van der Waals surface area contributed by atoms with Crippen LogP contribution in [0.2, 0.25) is 0 Å². The van der Waals surface area contributed by atoms with E-state index >= 15 is 0 Å². The first-order chi connectivity index (χ1) is 9.50. The van der Waals surface area contributed by atoms with E-state index in [-0.39, 0.29) is 0 Å². The second-order valence-electron chi connectivity index (χ2n) is 4.87. The predicted molar refractivity (Wildman–Crippen MR) is 78.5 cm³/mol. The quantitative estimate of drug-likeness (QED) is 0.843. The van der Waals surface area contributed by atoms with Gasteiger partial charge >= 0.3 is 6.18 Å². The third kappa shape index (κ3) is 4.06. The van der Waals surface area contributed by atoms with Gasteiger partial charge in [-0.25, -0.2) is 0 Å². The van der Waals surface area contributed by atoms with Crippen LogP contribution in [-0.4, -0.2) is 49.6 Å². The Hall–Kier alpha value is -0.880. The molecule has 1 aromatic rings.